The van der Waals surface area contributed by atoms with Crippen LogP contribution in [-0.4, -0.2) is 0 Å². The fourth-order valence-corrected chi connectivity index (χ4v) is 1.36. The number of alkyl halides is 2. The van der Waals surface area contributed by atoms with Gasteiger partial charge in [-0.3, -0.25) is 0 Å². The van der Waals surface area contributed by atoms with Crippen molar-refractivity contribution >= 4 is 34.8 Å². The van der Waals surface area contributed by atoms with E-state index < -0.39 is 38.7 Å². The van der Waals surface area contributed by atoms with Gasteiger partial charge in [-0.25, -0.2) is 17.6 Å². The summed E-state index contributed by atoms with van der Waals surface area (Å²) < 4.78 is 51.4. The standard InChI is InChI=1S/C7HCl3F4/c8-2-5(13)3(11)1(7(9)10)4(12)6(2)14/h7H. The maximum Gasteiger partial charge on any atom is 0.180 e. The van der Waals surface area contributed by atoms with E-state index in [1.54, 1.807) is 0 Å². The van der Waals surface area contributed by atoms with Gasteiger partial charge in [-0.2, -0.15) is 0 Å². The summed E-state index contributed by atoms with van der Waals surface area (Å²) in [6.07, 6.45) is 0. The molecule has 0 atom stereocenters. The Hall–Kier alpha value is -0.190. The Labute approximate surface area is 91.4 Å². The molecule has 0 amide bonds. The summed E-state index contributed by atoms with van der Waals surface area (Å²) in [6.45, 7) is 0. The number of hydrogen-bond donors (Lipinski definition) is 0. The zero-order valence-corrected chi connectivity index (χ0v) is 8.49. The van der Waals surface area contributed by atoms with Crippen LogP contribution in [0.4, 0.5) is 17.6 Å². The maximum atomic E-state index is 12.9. The van der Waals surface area contributed by atoms with Crippen LogP contribution in [0, 0.1) is 23.3 Å². The van der Waals surface area contributed by atoms with Gasteiger partial charge in [0.05, 0.1) is 5.56 Å². The summed E-state index contributed by atoms with van der Waals surface area (Å²) in [5, 5.41) is -1.27. The number of hydrogen-bond acceptors (Lipinski definition) is 0. The van der Waals surface area contributed by atoms with E-state index in [0.717, 1.165) is 0 Å². The molecule has 0 aliphatic heterocycles. The Kier molecular flexibility index (Phi) is 3.50. The second-order valence-electron chi connectivity index (χ2n) is 2.28. The summed E-state index contributed by atoms with van der Waals surface area (Å²) in [7, 11) is 0. The molecule has 0 aliphatic rings. The first kappa shape index (κ1) is 11.9. The van der Waals surface area contributed by atoms with E-state index in [4.69, 9.17) is 34.8 Å². The molecule has 0 aromatic heterocycles. The third-order valence-electron chi connectivity index (χ3n) is 1.46. The van der Waals surface area contributed by atoms with Crippen LogP contribution in [0.5, 0.6) is 0 Å². The molecular weight excluding hydrogens is 266 g/mol. The van der Waals surface area contributed by atoms with Crippen molar-refractivity contribution in [2.45, 2.75) is 4.84 Å². The number of rotatable bonds is 1. The van der Waals surface area contributed by atoms with Crippen LogP contribution in [0.2, 0.25) is 5.02 Å². The SMILES string of the molecule is Fc1c(F)c(C(Cl)Cl)c(F)c(F)c1Cl. The van der Waals surface area contributed by atoms with Crippen LogP contribution in [0.15, 0.2) is 0 Å². The molecule has 1 rings (SSSR count). The molecule has 0 radical (unpaired) electrons. The lowest BCUT2D eigenvalue weighted by atomic mass is 10.2. The number of benzene rings is 1. The Morgan fingerprint density at radius 3 is 1.43 bits per heavy atom. The highest BCUT2D eigenvalue weighted by Crippen LogP contribution is 2.35. The monoisotopic (exact) mass is 266 g/mol. The summed E-state index contributed by atoms with van der Waals surface area (Å²) >= 11 is 15.2. The summed E-state index contributed by atoms with van der Waals surface area (Å²) in [4.78, 5) is -1.71. The van der Waals surface area contributed by atoms with E-state index in [0.29, 0.717) is 0 Å². The van der Waals surface area contributed by atoms with Gasteiger partial charge >= 0.3 is 0 Å². The predicted molar refractivity (Wildman–Crippen MR) is 45.7 cm³/mol. The molecule has 0 bridgehead atoms. The topological polar surface area (TPSA) is 0 Å². The van der Waals surface area contributed by atoms with E-state index >= 15 is 0 Å². The van der Waals surface area contributed by atoms with Crippen LogP contribution in [-0.2, 0) is 0 Å². The van der Waals surface area contributed by atoms with E-state index in [1.165, 1.54) is 0 Å². The Morgan fingerprint density at radius 1 is 0.786 bits per heavy atom. The van der Waals surface area contributed by atoms with Crippen LogP contribution in [0.25, 0.3) is 0 Å². The minimum Gasteiger partial charge on any atom is -0.203 e. The lowest BCUT2D eigenvalue weighted by molar-refractivity contribution is 0.443. The van der Waals surface area contributed by atoms with Crippen LogP contribution in [0.1, 0.15) is 10.4 Å². The first-order valence-electron chi connectivity index (χ1n) is 3.17. The molecule has 0 aliphatic carbocycles. The van der Waals surface area contributed by atoms with E-state index in [1.807, 2.05) is 0 Å². The molecule has 0 unspecified atom stereocenters. The van der Waals surface area contributed by atoms with Gasteiger partial charge in [-0.15, -0.1) is 0 Å². The highest BCUT2D eigenvalue weighted by molar-refractivity contribution is 6.44. The molecule has 0 nitrogen and oxygen atoms in total. The first-order valence-corrected chi connectivity index (χ1v) is 4.42. The molecule has 7 heteroatoms. The molecule has 0 heterocycles. The lowest BCUT2D eigenvalue weighted by Crippen LogP contribution is -2.03. The fourth-order valence-electron chi connectivity index (χ4n) is 0.813. The summed E-state index contributed by atoms with van der Waals surface area (Å²) in [6, 6.07) is 0. The highest BCUT2D eigenvalue weighted by atomic mass is 35.5. The van der Waals surface area contributed by atoms with Crippen molar-refractivity contribution in [3.8, 4) is 0 Å². The van der Waals surface area contributed by atoms with E-state index in [-0.39, 0.29) is 0 Å². The molecule has 1 aromatic rings. The molecule has 0 spiro atoms. The summed E-state index contributed by atoms with van der Waals surface area (Å²) in [5.41, 5.74) is -1.09. The quantitative estimate of drug-likeness (QED) is 0.307. The molecule has 0 saturated carbocycles. The van der Waals surface area contributed by atoms with Crippen molar-refractivity contribution in [2.24, 2.45) is 0 Å². The zero-order valence-electron chi connectivity index (χ0n) is 6.22. The molecule has 0 N–H and O–H groups in total. The van der Waals surface area contributed by atoms with Crippen molar-refractivity contribution in [1.82, 2.24) is 0 Å². The molecule has 78 valence electrons. The van der Waals surface area contributed by atoms with Crippen molar-refractivity contribution in [3.05, 3.63) is 33.9 Å². The van der Waals surface area contributed by atoms with Gasteiger partial charge in [0.2, 0.25) is 0 Å². The van der Waals surface area contributed by atoms with Crippen LogP contribution < -0.4 is 0 Å². The first-order chi connectivity index (χ1) is 6.37. The predicted octanol–water partition coefficient (Wildman–Crippen LogP) is 4.37. The van der Waals surface area contributed by atoms with Crippen molar-refractivity contribution < 1.29 is 17.6 Å². The van der Waals surface area contributed by atoms with Gasteiger partial charge in [-0.05, 0) is 0 Å². The Balaban J connectivity index is 3.60. The fraction of sp³-hybridized carbons (Fsp3) is 0.143. The molecule has 0 saturated heterocycles. The Morgan fingerprint density at radius 2 is 1.14 bits per heavy atom. The minimum atomic E-state index is -1.72. The van der Waals surface area contributed by atoms with Gasteiger partial charge in [0.15, 0.2) is 23.3 Å². The third-order valence-corrected chi connectivity index (χ3v) is 2.23. The second kappa shape index (κ2) is 4.13. The van der Waals surface area contributed by atoms with Crippen LogP contribution in [0.3, 0.4) is 0 Å². The van der Waals surface area contributed by atoms with Crippen LogP contribution >= 0.6 is 34.8 Å². The molecular formula is C7HCl3F4. The second-order valence-corrected chi connectivity index (χ2v) is 3.76. The molecule has 1 aromatic carbocycles. The molecule has 0 fully saturated rings. The summed E-state index contributed by atoms with van der Waals surface area (Å²) in [5.74, 6) is -6.81. The van der Waals surface area contributed by atoms with Gasteiger partial charge in [-0.1, -0.05) is 34.8 Å². The van der Waals surface area contributed by atoms with Crippen molar-refractivity contribution in [2.75, 3.05) is 0 Å². The zero-order chi connectivity index (χ0) is 11.0. The van der Waals surface area contributed by atoms with Crippen molar-refractivity contribution in [3.63, 3.8) is 0 Å². The lowest BCUT2D eigenvalue weighted by Gasteiger charge is -2.08. The maximum absolute atomic E-state index is 12.9. The van der Waals surface area contributed by atoms with Gasteiger partial charge in [0, 0.05) is 0 Å². The van der Waals surface area contributed by atoms with Gasteiger partial charge in [0.1, 0.15) is 9.86 Å². The van der Waals surface area contributed by atoms with Crippen molar-refractivity contribution in [1.29, 1.82) is 0 Å². The highest BCUT2D eigenvalue weighted by Gasteiger charge is 2.27. The smallest absolute Gasteiger partial charge is 0.180 e. The third kappa shape index (κ3) is 1.78. The molecule has 14 heavy (non-hydrogen) atoms. The average molecular weight is 267 g/mol. The Bertz CT molecular complexity index is 349. The number of halogens is 7. The largest absolute Gasteiger partial charge is 0.203 e. The van der Waals surface area contributed by atoms with Gasteiger partial charge in [0.25, 0.3) is 0 Å². The average Bonchev–Trinajstić information content (AvgIpc) is 2.11. The van der Waals surface area contributed by atoms with E-state index in [9.17, 15) is 17.6 Å². The van der Waals surface area contributed by atoms with Gasteiger partial charge < -0.3 is 0 Å². The van der Waals surface area contributed by atoms with E-state index in [2.05, 4.69) is 0 Å². The normalized spacial score (nSPS) is 11.1. The minimum absolute atomic E-state index is 1.09.